The number of anilines is 1. The van der Waals surface area contributed by atoms with Crippen LogP contribution in [0.5, 0.6) is 0 Å². The second kappa shape index (κ2) is 6.01. The second-order valence-electron chi connectivity index (χ2n) is 4.29. The zero-order valence-corrected chi connectivity index (χ0v) is 11.1. The number of carbonyl (C=O) groups is 2. The molecule has 104 valence electrons. The summed E-state index contributed by atoms with van der Waals surface area (Å²) in [4.78, 5) is 27.3. The van der Waals surface area contributed by atoms with Crippen LogP contribution in [0.25, 0.3) is 10.9 Å². The number of carbonyl (C=O) groups excluding carboxylic acids is 2. The number of para-hydroxylation sites is 1. The summed E-state index contributed by atoms with van der Waals surface area (Å²) in [7, 11) is 1.74. The summed E-state index contributed by atoms with van der Waals surface area (Å²) in [5.41, 5.74) is 6.30. The van der Waals surface area contributed by atoms with E-state index >= 15 is 0 Å². The lowest BCUT2D eigenvalue weighted by molar-refractivity contribution is -0.117. The maximum absolute atomic E-state index is 12.2. The number of nitrogens with two attached hydrogens (primary N) is 1. The van der Waals surface area contributed by atoms with Crippen LogP contribution in [0.4, 0.5) is 5.82 Å². The van der Waals surface area contributed by atoms with Gasteiger partial charge in [-0.25, -0.2) is 4.98 Å². The van der Waals surface area contributed by atoms with Crippen molar-refractivity contribution in [2.24, 2.45) is 5.73 Å². The minimum absolute atomic E-state index is 0.119. The van der Waals surface area contributed by atoms with Crippen molar-refractivity contribution in [1.82, 2.24) is 10.3 Å². The molecule has 4 N–H and O–H groups in total. The van der Waals surface area contributed by atoms with Crippen LogP contribution in [0.15, 0.2) is 30.3 Å². The van der Waals surface area contributed by atoms with Gasteiger partial charge in [0.05, 0.1) is 11.1 Å². The molecule has 0 atom stereocenters. The van der Waals surface area contributed by atoms with Crippen LogP contribution < -0.4 is 16.4 Å². The van der Waals surface area contributed by atoms with E-state index in [-0.39, 0.29) is 18.9 Å². The number of amides is 2. The van der Waals surface area contributed by atoms with E-state index in [0.717, 1.165) is 10.9 Å². The molecule has 0 spiro atoms. The lowest BCUT2D eigenvalue weighted by Gasteiger charge is -2.09. The molecular weight excluding hydrogens is 256 g/mol. The zero-order valence-electron chi connectivity index (χ0n) is 11.1. The van der Waals surface area contributed by atoms with Crippen molar-refractivity contribution >= 4 is 28.5 Å². The molecule has 0 radical (unpaired) electrons. The molecule has 2 aromatic rings. The van der Waals surface area contributed by atoms with Crippen LogP contribution >= 0.6 is 0 Å². The van der Waals surface area contributed by atoms with Crippen LogP contribution in [0.1, 0.15) is 16.8 Å². The lowest BCUT2D eigenvalue weighted by Crippen LogP contribution is -2.28. The van der Waals surface area contributed by atoms with E-state index in [1.54, 1.807) is 13.1 Å². The van der Waals surface area contributed by atoms with Gasteiger partial charge in [-0.05, 0) is 12.1 Å². The van der Waals surface area contributed by atoms with E-state index in [4.69, 9.17) is 5.73 Å². The summed E-state index contributed by atoms with van der Waals surface area (Å²) in [6.07, 6.45) is 0.119. The van der Waals surface area contributed by atoms with Crippen molar-refractivity contribution in [2.75, 3.05) is 18.9 Å². The molecule has 2 amide bonds. The van der Waals surface area contributed by atoms with Gasteiger partial charge in [-0.3, -0.25) is 9.59 Å². The number of hydrogen-bond donors (Lipinski definition) is 3. The number of aromatic nitrogens is 1. The van der Waals surface area contributed by atoms with Crippen molar-refractivity contribution in [3.63, 3.8) is 0 Å². The maximum atomic E-state index is 12.2. The quantitative estimate of drug-likeness (QED) is 0.752. The number of rotatable bonds is 5. The average Bonchev–Trinajstić information content (AvgIpc) is 2.45. The van der Waals surface area contributed by atoms with Crippen molar-refractivity contribution in [1.29, 1.82) is 0 Å². The number of pyridine rings is 1. The Morgan fingerprint density at radius 1 is 1.30 bits per heavy atom. The molecule has 0 unspecified atom stereocenters. The molecule has 1 heterocycles. The summed E-state index contributed by atoms with van der Waals surface area (Å²) >= 11 is 0. The summed E-state index contributed by atoms with van der Waals surface area (Å²) in [5, 5.41) is 6.37. The van der Waals surface area contributed by atoms with Gasteiger partial charge in [0, 0.05) is 25.4 Å². The highest BCUT2D eigenvalue weighted by molar-refractivity contribution is 6.07. The van der Waals surface area contributed by atoms with Gasteiger partial charge in [-0.2, -0.15) is 0 Å². The Morgan fingerprint density at radius 3 is 2.75 bits per heavy atom. The topological polar surface area (TPSA) is 97.1 Å². The predicted octanol–water partition coefficient (Wildman–Crippen LogP) is 0.882. The largest absolute Gasteiger partial charge is 0.373 e. The SMILES string of the molecule is CNc1cc(C(=O)NCCC(N)=O)c2ccccc2n1. The summed E-state index contributed by atoms with van der Waals surface area (Å²) in [6, 6.07) is 9.08. The molecule has 2 rings (SSSR count). The number of nitrogens with zero attached hydrogens (tertiary/aromatic N) is 1. The number of nitrogens with one attached hydrogen (secondary N) is 2. The van der Waals surface area contributed by atoms with E-state index in [1.165, 1.54) is 0 Å². The first kappa shape index (κ1) is 13.8. The Kier molecular flexibility index (Phi) is 4.14. The molecule has 0 aliphatic rings. The fourth-order valence-electron chi connectivity index (χ4n) is 1.89. The molecule has 1 aromatic carbocycles. The van der Waals surface area contributed by atoms with Crippen molar-refractivity contribution in [3.05, 3.63) is 35.9 Å². The van der Waals surface area contributed by atoms with Crippen molar-refractivity contribution < 1.29 is 9.59 Å². The minimum Gasteiger partial charge on any atom is -0.373 e. The molecule has 0 bridgehead atoms. The van der Waals surface area contributed by atoms with Gasteiger partial charge in [0.25, 0.3) is 5.91 Å². The normalized spacial score (nSPS) is 10.2. The van der Waals surface area contributed by atoms with Gasteiger partial charge < -0.3 is 16.4 Å². The molecule has 0 saturated heterocycles. The van der Waals surface area contributed by atoms with Crippen LogP contribution in [0, 0.1) is 0 Å². The highest BCUT2D eigenvalue weighted by Gasteiger charge is 2.12. The number of benzene rings is 1. The Bertz CT molecular complexity index is 655. The summed E-state index contributed by atoms with van der Waals surface area (Å²) in [6.45, 7) is 0.222. The van der Waals surface area contributed by atoms with Crippen LogP contribution in [-0.4, -0.2) is 30.4 Å². The first-order valence-electron chi connectivity index (χ1n) is 6.26. The van der Waals surface area contributed by atoms with Crippen molar-refractivity contribution in [2.45, 2.75) is 6.42 Å². The highest BCUT2D eigenvalue weighted by atomic mass is 16.2. The first-order valence-corrected chi connectivity index (χ1v) is 6.26. The molecule has 6 nitrogen and oxygen atoms in total. The van der Waals surface area contributed by atoms with Gasteiger partial charge in [-0.1, -0.05) is 18.2 Å². The Hall–Kier alpha value is -2.63. The van der Waals surface area contributed by atoms with Gasteiger partial charge in [0.2, 0.25) is 5.91 Å². The van der Waals surface area contributed by atoms with Crippen LogP contribution in [0.3, 0.4) is 0 Å². The van der Waals surface area contributed by atoms with E-state index in [1.807, 2.05) is 24.3 Å². The summed E-state index contributed by atoms with van der Waals surface area (Å²) in [5.74, 6) is -0.0779. The third-order valence-electron chi connectivity index (χ3n) is 2.87. The van der Waals surface area contributed by atoms with E-state index in [9.17, 15) is 9.59 Å². The smallest absolute Gasteiger partial charge is 0.252 e. The first-order chi connectivity index (χ1) is 9.61. The van der Waals surface area contributed by atoms with E-state index < -0.39 is 5.91 Å². The molecule has 0 aliphatic heterocycles. The van der Waals surface area contributed by atoms with Gasteiger partial charge in [0.1, 0.15) is 5.82 Å². The minimum atomic E-state index is -0.444. The molecule has 0 aliphatic carbocycles. The monoisotopic (exact) mass is 272 g/mol. The standard InChI is InChI=1S/C14H16N4O2/c1-16-13-8-10(14(20)17-7-6-12(15)19)9-4-2-3-5-11(9)18-13/h2-5,8H,6-7H2,1H3,(H2,15,19)(H,16,18)(H,17,20). The molecule has 1 aromatic heterocycles. The molecule has 6 heteroatoms. The van der Waals surface area contributed by atoms with Crippen LogP contribution in [-0.2, 0) is 4.79 Å². The molecular formula is C14H16N4O2. The van der Waals surface area contributed by atoms with Crippen molar-refractivity contribution in [3.8, 4) is 0 Å². The number of fused-ring (bicyclic) bond motifs is 1. The van der Waals surface area contributed by atoms with Gasteiger partial charge in [0.15, 0.2) is 0 Å². The fraction of sp³-hybridized carbons (Fsp3) is 0.214. The molecule has 0 saturated carbocycles. The fourth-order valence-corrected chi connectivity index (χ4v) is 1.89. The highest BCUT2D eigenvalue weighted by Crippen LogP contribution is 2.20. The van der Waals surface area contributed by atoms with Gasteiger partial charge in [-0.15, -0.1) is 0 Å². The average molecular weight is 272 g/mol. The summed E-state index contributed by atoms with van der Waals surface area (Å²) < 4.78 is 0. The third kappa shape index (κ3) is 3.03. The van der Waals surface area contributed by atoms with Gasteiger partial charge >= 0.3 is 0 Å². The Balaban J connectivity index is 2.31. The van der Waals surface area contributed by atoms with Crippen LogP contribution in [0.2, 0.25) is 0 Å². The third-order valence-corrected chi connectivity index (χ3v) is 2.87. The Morgan fingerprint density at radius 2 is 2.05 bits per heavy atom. The molecule has 0 fully saturated rings. The predicted molar refractivity (Wildman–Crippen MR) is 77.4 cm³/mol. The number of hydrogen-bond acceptors (Lipinski definition) is 4. The number of primary amides is 1. The van der Waals surface area contributed by atoms with E-state index in [0.29, 0.717) is 11.4 Å². The van der Waals surface area contributed by atoms with E-state index in [2.05, 4.69) is 15.6 Å². The Labute approximate surface area is 116 Å². The molecule has 20 heavy (non-hydrogen) atoms. The zero-order chi connectivity index (χ0) is 14.5. The lowest BCUT2D eigenvalue weighted by atomic mass is 10.1. The maximum Gasteiger partial charge on any atom is 0.252 e. The second-order valence-corrected chi connectivity index (χ2v) is 4.29.